The zero-order chi connectivity index (χ0) is 31.0. The summed E-state index contributed by atoms with van der Waals surface area (Å²) in [4.78, 5) is 1.60. The van der Waals surface area contributed by atoms with Crippen molar-refractivity contribution in [2.45, 2.75) is 0 Å². The molecule has 0 aliphatic rings. The first kappa shape index (κ1) is 34.2. The fourth-order valence-electron chi connectivity index (χ4n) is 4.99. The predicted octanol–water partition coefficient (Wildman–Crippen LogP) is 8.80. The van der Waals surface area contributed by atoms with E-state index in [2.05, 4.69) is 105 Å². The Labute approximate surface area is 305 Å². The molecule has 0 unspecified atom stereocenters. The maximum atomic E-state index is 4.53. The van der Waals surface area contributed by atoms with Crippen LogP contribution in [0.1, 0.15) is 0 Å². The van der Waals surface area contributed by atoms with Crippen molar-refractivity contribution in [1.82, 2.24) is 30.0 Å². The van der Waals surface area contributed by atoms with E-state index in [1.807, 2.05) is 91.1 Å². The summed E-state index contributed by atoms with van der Waals surface area (Å²) in [5.74, 6) is 0. The summed E-state index contributed by atoms with van der Waals surface area (Å²) >= 11 is 0. The number of benzene rings is 6. The summed E-state index contributed by atoms with van der Waals surface area (Å²) in [6.07, 6.45) is 3.70. The van der Waals surface area contributed by atoms with E-state index in [4.69, 9.17) is 0 Å². The average molecular weight is 799 g/mol. The SMILES string of the molecule is [Rh].[Rh].[c-]1ccccc1-n1cc(-c2ccc(-c3ccccc3)cc2)nn1.[c-]1ccccc1-n1ncc(-c2ccc(-c3ccccc3)cc2)n1. The number of para-hydroxylation sites is 2. The number of hydrogen-bond donors (Lipinski definition) is 0. The van der Waals surface area contributed by atoms with Gasteiger partial charge in [-0.3, -0.25) is 0 Å². The molecule has 0 saturated carbocycles. The van der Waals surface area contributed by atoms with Crippen LogP contribution in [0.15, 0.2) is 170 Å². The Kier molecular flexibility index (Phi) is 11.8. The van der Waals surface area contributed by atoms with Crippen LogP contribution >= 0.6 is 0 Å². The van der Waals surface area contributed by atoms with Crippen LogP contribution in [0.5, 0.6) is 0 Å². The standard InChI is InChI=1S/2C20H14N3.2Rh/c1-3-7-16(8-4-1)17-11-13-18(14-12-17)20-15-23(22-21-20)19-9-5-2-6-10-19;1-3-7-16(8-4-1)17-11-13-18(14-12-17)20-15-21-23(22-20)19-9-5-2-6-10-19;;/h2*1-9,11-15H;;/q2*-1;;. The molecule has 238 valence electrons. The third-order valence-corrected chi connectivity index (χ3v) is 7.41. The summed E-state index contributed by atoms with van der Waals surface area (Å²) in [6, 6.07) is 59.0. The van der Waals surface area contributed by atoms with Crippen LogP contribution in [0.3, 0.4) is 0 Å². The van der Waals surface area contributed by atoms with Crippen molar-refractivity contribution in [2.24, 2.45) is 0 Å². The number of hydrogen-bond acceptors (Lipinski definition) is 4. The number of nitrogens with zero attached hydrogens (tertiary/aromatic N) is 6. The van der Waals surface area contributed by atoms with Gasteiger partial charge >= 0.3 is 0 Å². The van der Waals surface area contributed by atoms with Gasteiger partial charge in [0, 0.05) is 50.1 Å². The fourth-order valence-corrected chi connectivity index (χ4v) is 4.99. The van der Waals surface area contributed by atoms with Gasteiger partial charge in [0.2, 0.25) is 0 Å². The fraction of sp³-hybridized carbons (Fsp3) is 0. The molecule has 0 spiro atoms. The Balaban J connectivity index is 0.000000180. The topological polar surface area (TPSA) is 61.4 Å². The second-order valence-corrected chi connectivity index (χ2v) is 10.4. The van der Waals surface area contributed by atoms with Crippen LogP contribution in [-0.2, 0) is 39.0 Å². The smallest absolute Gasteiger partial charge is 0.113 e. The molecule has 8 rings (SSSR count). The zero-order valence-corrected chi connectivity index (χ0v) is 28.8. The van der Waals surface area contributed by atoms with Crippen molar-refractivity contribution in [3.63, 3.8) is 0 Å². The molecule has 2 heterocycles. The molecule has 0 N–H and O–H groups in total. The van der Waals surface area contributed by atoms with E-state index in [9.17, 15) is 0 Å². The van der Waals surface area contributed by atoms with Crippen molar-refractivity contribution >= 4 is 0 Å². The Bertz CT molecular complexity index is 1960. The monoisotopic (exact) mass is 798 g/mol. The molecule has 48 heavy (non-hydrogen) atoms. The summed E-state index contributed by atoms with van der Waals surface area (Å²) < 4.78 is 1.74. The third-order valence-electron chi connectivity index (χ3n) is 7.41. The molecule has 0 bridgehead atoms. The van der Waals surface area contributed by atoms with Gasteiger partial charge in [0.15, 0.2) is 0 Å². The molecule has 8 aromatic rings. The van der Waals surface area contributed by atoms with Gasteiger partial charge in [0.05, 0.1) is 12.4 Å². The quantitative estimate of drug-likeness (QED) is 0.125. The molecule has 0 atom stereocenters. The van der Waals surface area contributed by atoms with E-state index in [0.29, 0.717) is 0 Å². The van der Waals surface area contributed by atoms with Crippen LogP contribution in [0.2, 0.25) is 0 Å². The molecule has 0 amide bonds. The van der Waals surface area contributed by atoms with Crippen LogP contribution in [-0.4, -0.2) is 30.0 Å². The van der Waals surface area contributed by atoms with Gasteiger partial charge in [-0.15, -0.1) is 17.2 Å². The van der Waals surface area contributed by atoms with Gasteiger partial charge in [0.25, 0.3) is 0 Å². The van der Waals surface area contributed by atoms with Gasteiger partial charge in [-0.05, 0) is 33.6 Å². The summed E-state index contributed by atoms with van der Waals surface area (Å²) in [5, 5.41) is 17.3. The van der Waals surface area contributed by atoms with E-state index in [0.717, 1.165) is 33.9 Å². The molecule has 6 aromatic carbocycles. The van der Waals surface area contributed by atoms with Crippen molar-refractivity contribution < 1.29 is 39.0 Å². The molecular weight excluding hydrogens is 770 g/mol. The van der Waals surface area contributed by atoms with Crippen LogP contribution in [0.25, 0.3) is 56.1 Å². The van der Waals surface area contributed by atoms with Gasteiger partial charge < -0.3 is 0 Å². The first-order chi connectivity index (χ1) is 22.8. The van der Waals surface area contributed by atoms with Crippen molar-refractivity contribution in [2.75, 3.05) is 0 Å². The number of aromatic nitrogens is 6. The Morgan fingerprint density at radius 3 is 1.42 bits per heavy atom. The Morgan fingerprint density at radius 1 is 0.438 bits per heavy atom. The average Bonchev–Trinajstić information content (AvgIpc) is 3.85. The van der Waals surface area contributed by atoms with Crippen LogP contribution in [0, 0.1) is 12.1 Å². The van der Waals surface area contributed by atoms with E-state index < -0.39 is 0 Å². The van der Waals surface area contributed by atoms with E-state index >= 15 is 0 Å². The Hall–Kier alpha value is -5.15. The Morgan fingerprint density at radius 2 is 0.896 bits per heavy atom. The minimum atomic E-state index is 0. The largest absolute Gasteiger partial charge is 0.245 e. The first-order valence-corrected chi connectivity index (χ1v) is 14.9. The van der Waals surface area contributed by atoms with E-state index in [-0.39, 0.29) is 39.0 Å². The zero-order valence-electron chi connectivity index (χ0n) is 25.5. The maximum Gasteiger partial charge on any atom is 0.113 e. The molecule has 2 aromatic heterocycles. The van der Waals surface area contributed by atoms with Crippen molar-refractivity contribution in [3.05, 3.63) is 182 Å². The van der Waals surface area contributed by atoms with Gasteiger partial charge in [-0.2, -0.15) is 63.5 Å². The van der Waals surface area contributed by atoms with Crippen molar-refractivity contribution in [3.8, 4) is 56.1 Å². The van der Waals surface area contributed by atoms with Gasteiger partial charge in [0.1, 0.15) is 11.4 Å². The molecular formula is C40H28N6Rh2-2. The molecule has 0 aliphatic heterocycles. The van der Waals surface area contributed by atoms with Crippen molar-refractivity contribution in [1.29, 1.82) is 0 Å². The van der Waals surface area contributed by atoms with Gasteiger partial charge in [-0.25, -0.2) is 4.68 Å². The molecule has 6 nitrogen and oxygen atoms in total. The predicted molar refractivity (Wildman–Crippen MR) is 182 cm³/mol. The van der Waals surface area contributed by atoms with E-state index in [1.54, 1.807) is 15.7 Å². The molecule has 0 aliphatic carbocycles. The number of rotatable bonds is 6. The molecule has 0 saturated heterocycles. The minimum Gasteiger partial charge on any atom is -0.245 e. The van der Waals surface area contributed by atoms with E-state index in [1.165, 1.54) is 22.3 Å². The normalized spacial score (nSPS) is 10.2. The molecule has 0 fully saturated rings. The maximum absolute atomic E-state index is 4.53. The summed E-state index contributed by atoms with van der Waals surface area (Å²) in [6.45, 7) is 0. The first-order valence-electron chi connectivity index (χ1n) is 14.9. The van der Waals surface area contributed by atoms with Crippen LogP contribution < -0.4 is 0 Å². The molecule has 8 heteroatoms. The third kappa shape index (κ3) is 8.22. The molecule has 2 radical (unpaired) electrons. The summed E-state index contributed by atoms with van der Waals surface area (Å²) in [5.41, 5.74) is 10.3. The summed E-state index contributed by atoms with van der Waals surface area (Å²) in [7, 11) is 0. The second kappa shape index (κ2) is 16.6. The second-order valence-electron chi connectivity index (χ2n) is 10.4. The van der Waals surface area contributed by atoms with Gasteiger partial charge in [-0.1, -0.05) is 114 Å². The van der Waals surface area contributed by atoms with Crippen LogP contribution in [0.4, 0.5) is 0 Å². The minimum absolute atomic E-state index is 0.